The minimum absolute atomic E-state index is 0.00290. The number of nitrogens with one attached hydrogen (secondary N) is 1. The van der Waals surface area contributed by atoms with Crippen LogP contribution in [0.25, 0.3) is 11.5 Å². The van der Waals surface area contributed by atoms with E-state index < -0.39 is 18.5 Å². The van der Waals surface area contributed by atoms with Crippen LogP contribution in [-0.2, 0) is 20.7 Å². The molecule has 4 rings (SSSR count). The summed E-state index contributed by atoms with van der Waals surface area (Å²) in [6.07, 6.45) is 4.49. The van der Waals surface area contributed by atoms with E-state index in [0.29, 0.717) is 23.2 Å². The number of rotatable bonds is 8. The molecule has 0 saturated heterocycles. The molecule has 9 nitrogen and oxygen atoms in total. The Labute approximate surface area is 204 Å². The van der Waals surface area contributed by atoms with Crippen LogP contribution in [0.5, 0.6) is 0 Å². The summed E-state index contributed by atoms with van der Waals surface area (Å²) in [6.45, 7) is 5.41. The van der Waals surface area contributed by atoms with Crippen molar-refractivity contribution < 1.29 is 18.7 Å². The number of benzene rings is 1. The second kappa shape index (κ2) is 10.6. The Hall–Kier alpha value is -3.93. The molecule has 3 aromatic rings. The number of esters is 1. The maximum absolute atomic E-state index is 12.6. The molecule has 1 aliphatic carbocycles. The second-order valence-electron chi connectivity index (χ2n) is 8.93. The lowest BCUT2D eigenvalue weighted by Crippen LogP contribution is -2.24. The van der Waals surface area contributed by atoms with Gasteiger partial charge < -0.3 is 19.0 Å². The van der Waals surface area contributed by atoms with Crippen molar-refractivity contribution in [1.82, 2.24) is 14.8 Å². The van der Waals surface area contributed by atoms with E-state index in [2.05, 4.69) is 26.2 Å². The van der Waals surface area contributed by atoms with Crippen LogP contribution in [-0.4, -0.2) is 33.2 Å². The molecule has 2 heterocycles. The average molecular weight is 476 g/mol. The third-order valence-corrected chi connectivity index (χ3v) is 6.49. The van der Waals surface area contributed by atoms with Crippen LogP contribution in [0.2, 0.25) is 0 Å². The molecule has 0 aliphatic heterocycles. The number of aryl methyl sites for hydroxylation is 2. The fourth-order valence-electron chi connectivity index (χ4n) is 4.47. The van der Waals surface area contributed by atoms with Crippen molar-refractivity contribution in [3.05, 3.63) is 52.5 Å². The molecule has 1 aliphatic rings. The van der Waals surface area contributed by atoms with Crippen LogP contribution in [0, 0.1) is 32.1 Å². The summed E-state index contributed by atoms with van der Waals surface area (Å²) >= 11 is 0. The zero-order chi connectivity index (χ0) is 24.9. The first-order chi connectivity index (χ1) is 16.9. The average Bonchev–Trinajstić information content (AvgIpc) is 3.58. The number of carbonyl (C=O) groups excluding carboxylic acids is 2. The lowest BCUT2D eigenvalue weighted by Gasteiger charge is -2.19. The summed E-state index contributed by atoms with van der Waals surface area (Å²) in [5, 5.41) is 20.5. The predicted octanol–water partition coefficient (Wildman–Crippen LogP) is 4.56. The lowest BCUT2D eigenvalue weighted by atomic mass is 10.1. The molecule has 0 radical (unpaired) electrons. The van der Waals surface area contributed by atoms with E-state index in [4.69, 9.17) is 9.15 Å². The standard InChI is InChI=1S/C26H29N5O4/c1-16-8-10-19(11-9-16)26-30-29-23(35-26)12-13-24(33)34-15-22(32)28-25-21(14-27)17(2)18(3)31(25)20-6-4-5-7-20/h8-11,20H,4-7,12-13,15H2,1-3H3,(H,28,32). The van der Waals surface area contributed by atoms with Gasteiger partial charge in [0.05, 0.1) is 12.0 Å². The molecule has 2 aromatic heterocycles. The summed E-state index contributed by atoms with van der Waals surface area (Å²) in [4.78, 5) is 24.8. The van der Waals surface area contributed by atoms with Crippen molar-refractivity contribution in [2.24, 2.45) is 0 Å². The molecule has 1 saturated carbocycles. The van der Waals surface area contributed by atoms with Gasteiger partial charge in [-0.1, -0.05) is 30.5 Å². The smallest absolute Gasteiger partial charge is 0.306 e. The molecular weight excluding hydrogens is 446 g/mol. The molecule has 0 atom stereocenters. The highest BCUT2D eigenvalue weighted by atomic mass is 16.5. The van der Waals surface area contributed by atoms with Crippen LogP contribution in [0.4, 0.5) is 5.82 Å². The highest BCUT2D eigenvalue weighted by Gasteiger charge is 2.27. The maximum Gasteiger partial charge on any atom is 0.306 e. The van der Waals surface area contributed by atoms with Gasteiger partial charge in [-0.15, -0.1) is 10.2 Å². The molecule has 1 N–H and O–H groups in total. The summed E-state index contributed by atoms with van der Waals surface area (Å²) in [5.74, 6) is 0.170. The van der Waals surface area contributed by atoms with Crippen LogP contribution < -0.4 is 5.32 Å². The van der Waals surface area contributed by atoms with Gasteiger partial charge in [0.15, 0.2) is 6.61 Å². The van der Waals surface area contributed by atoms with Gasteiger partial charge in [0.1, 0.15) is 11.9 Å². The van der Waals surface area contributed by atoms with Gasteiger partial charge in [0, 0.05) is 23.7 Å². The van der Waals surface area contributed by atoms with E-state index in [0.717, 1.165) is 48.1 Å². The van der Waals surface area contributed by atoms with Gasteiger partial charge in [0.25, 0.3) is 5.91 Å². The molecule has 0 unspecified atom stereocenters. The molecule has 0 bridgehead atoms. The first-order valence-electron chi connectivity index (χ1n) is 11.8. The number of hydrogen-bond donors (Lipinski definition) is 1. The van der Waals surface area contributed by atoms with Crippen molar-refractivity contribution in [3.63, 3.8) is 0 Å². The lowest BCUT2D eigenvalue weighted by molar-refractivity contribution is -0.147. The van der Waals surface area contributed by atoms with Gasteiger partial charge in [-0.2, -0.15) is 5.26 Å². The molecular formula is C26H29N5O4. The van der Waals surface area contributed by atoms with E-state index in [1.807, 2.05) is 45.0 Å². The van der Waals surface area contributed by atoms with Gasteiger partial charge in [0.2, 0.25) is 11.8 Å². The van der Waals surface area contributed by atoms with E-state index in [1.54, 1.807) is 0 Å². The number of amides is 1. The minimum atomic E-state index is -0.547. The van der Waals surface area contributed by atoms with Crippen LogP contribution in [0.15, 0.2) is 28.7 Å². The normalized spacial score (nSPS) is 13.5. The number of aromatic nitrogens is 3. The van der Waals surface area contributed by atoms with Crippen molar-refractivity contribution in [1.29, 1.82) is 5.26 Å². The Morgan fingerprint density at radius 2 is 1.89 bits per heavy atom. The van der Waals surface area contributed by atoms with Crippen LogP contribution in [0.1, 0.15) is 66.4 Å². The third-order valence-electron chi connectivity index (χ3n) is 6.49. The number of nitrogens with zero attached hydrogens (tertiary/aromatic N) is 4. The van der Waals surface area contributed by atoms with E-state index >= 15 is 0 Å². The van der Waals surface area contributed by atoms with Crippen molar-refractivity contribution in [2.45, 2.75) is 65.3 Å². The van der Waals surface area contributed by atoms with E-state index in [1.165, 1.54) is 0 Å². The third kappa shape index (κ3) is 5.43. The first kappa shape index (κ1) is 24.2. The Morgan fingerprint density at radius 1 is 1.17 bits per heavy atom. The topological polar surface area (TPSA) is 123 Å². The Bertz CT molecular complexity index is 1260. The Morgan fingerprint density at radius 3 is 2.57 bits per heavy atom. The fourth-order valence-corrected chi connectivity index (χ4v) is 4.47. The number of carbonyl (C=O) groups is 2. The zero-order valence-corrected chi connectivity index (χ0v) is 20.3. The van der Waals surface area contributed by atoms with Crippen molar-refractivity contribution in [3.8, 4) is 17.5 Å². The fraction of sp³-hybridized carbons (Fsp3) is 0.423. The zero-order valence-electron chi connectivity index (χ0n) is 20.3. The van der Waals surface area contributed by atoms with Gasteiger partial charge in [-0.3, -0.25) is 9.59 Å². The van der Waals surface area contributed by atoms with E-state index in [9.17, 15) is 14.9 Å². The van der Waals surface area contributed by atoms with Crippen molar-refractivity contribution >= 4 is 17.7 Å². The molecule has 182 valence electrons. The minimum Gasteiger partial charge on any atom is -0.456 e. The summed E-state index contributed by atoms with van der Waals surface area (Å²) in [7, 11) is 0. The quantitative estimate of drug-likeness (QED) is 0.474. The monoisotopic (exact) mass is 475 g/mol. The molecule has 9 heteroatoms. The largest absolute Gasteiger partial charge is 0.456 e. The van der Waals surface area contributed by atoms with Crippen molar-refractivity contribution in [2.75, 3.05) is 11.9 Å². The molecule has 1 aromatic carbocycles. The number of ether oxygens (including phenoxy) is 1. The SMILES string of the molecule is Cc1ccc(-c2nnc(CCC(=O)OCC(=O)Nc3c(C#N)c(C)c(C)n3C3CCCC3)o2)cc1. The highest BCUT2D eigenvalue weighted by Crippen LogP contribution is 2.37. The summed E-state index contributed by atoms with van der Waals surface area (Å²) in [5.41, 5.74) is 4.22. The maximum atomic E-state index is 12.6. The van der Waals surface area contributed by atoms with Crippen LogP contribution >= 0.6 is 0 Å². The number of hydrogen-bond acceptors (Lipinski definition) is 7. The molecule has 1 fully saturated rings. The second-order valence-corrected chi connectivity index (χ2v) is 8.93. The van der Waals surface area contributed by atoms with Gasteiger partial charge >= 0.3 is 5.97 Å². The molecule has 1 amide bonds. The Balaban J connectivity index is 1.31. The molecule has 35 heavy (non-hydrogen) atoms. The summed E-state index contributed by atoms with van der Waals surface area (Å²) < 4.78 is 12.8. The van der Waals surface area contributed by atoms with Gasteiger partial charge in [-0.05, 0) is 51.3 Å². The summed E-state index contributed by atoms with van der Waals surface area (Å²) in [6, 6.07) is 10.2. The number of nitriles is 1. The molecule has 0 spiro atoms. The van der Waals surface area contributed by atoms with E-state index in [-0.39, 0.29) is 18.9 Å². The van der Waals surface area contributed by atoms with Crippen LogP contribution in [0.3, 0.4) is 0 Å². The Kier molecular flexibility index (Phi) is 7.30. The predicted molar refractivity (Wildman–Crippen MR) is 129 cm³/mol. The first-order valence-corrected chi connectivity index (χ1v) is 11.8. The number of anilines is 1. The highest BCUT2D eigenvalue weighted by molar-refractivity contribution is 5.93. The van der Waals surface area contributed by atoms with Gasteiger partial charge in [-0.25, -0.2) is 0 Å².